The Kier molecular flexibility index (Phi) is 4.62. The summed E-state index contributed by atoms with van der Waals surface area (Å²) in [6, 6.07) is 0. The van der Waals surface area contributed by atoms with Crippen molar-refractivity contribution >= 4 is 22.6 Å². The van der Waals surface area contributed by atoms with Crippen molar-refractivity contribution in [3.8, 4) is 0 Å². The van der Waals surface area contributed by atoms with Gasteiger partial charge in [-0.3, -0.25) is 4.79 Å². The highest BCUT2D eigenvalue weighted by Crippen LogP contribution is 2.41. The van der Waals surface area contributed by atoms with E-state index in [0.29, 0.717) is 13.2 Å². The van der Waals surface area contributed by atoms with Gasteiger partial charge in [0.15, 0.2) is 0 Å². The van der Waals surface area contributed by atoms with Crippen LogP contribution in [0, 0.1) is 11.3 Å². The first-order valence-corrected chi connectivity index (χ1v) is 8.05. The molecule has 1 unspecified atom stereocenters. The van der Waals surface area contributed by atoms with Gasteiger partial charge in [0.25, 0.3) is 0 Å². The standard InChI is InChI=1S/C14H23N3O2S/c1-5-11-15-13(20-16-11)17-8-7-14(9-17,10(3)4)12(18)19-6-2/h10H,5-9H2,1-4H3. The highest BCUT2D eigenvalue weighted by Gasteiger charge is 2.48. The molecule has 1 saturated heterocycles. The van der Waals surface area contributed by atoms with Crippen LogP contribution in [0.3, 0.4) is 0 Å². The number of carbonyl (C=O) groups is 1. The number of hydrogen-bond donors (Lipinski definition) is 0. The van der Waals surface area contributed by atoms with E-state index in [1.54, 1.807) is 0 Å². The van der Waals surface area contributed by atoms with E-state index in [0.717, 1.165) is 30.3 Å². The molecule has 2 rings (SSSR count). The molecule has 0 N–H and O–H groups in total. The Morgan fingerprint density at radius 1 is 1.50 bits per heavy atom. The first-order valence-electron chi connectivity index (χ1n) is 7.28. The number of nitrogens with zero attached hydrogens (tertiary/aromatic N) is 3. The maximum Gasteiger partial charge on any atom is 0.314 e. The zero-order chi connectivity index (χ0) is 14.8. The number of aromatic nitrogens is 2. The van der Waals surface area contributed by atoms with Gasteiger partial charge in [0.1, 0.15) is 5.82 Å². The minimum atomic E-state index is -0.409. The Hall–Kier alpha value is -1.17. The molecule has 0 aliphatic carbocycles. The molecule has 0 saturated carbocycles. The molecule has 1 aliphatic rings. The molecule has 6 heteroatoms. The average molecular weight is 297 g/mol. The summed E-state index contributed by atoms with van der Waals surface area (Å²) in [4.78, 5) is 19.1. The summed E-state index contributed by atoms with van der Waals surface area (Å²) in [5, 5.41) is 0.925. The number of ether oxygens (including phenoxy) is 1. The zero-order valence-electron chi connectivity index (χ0n) is 12.7. The lowest BCUT2D eigenvalue weighted by atomic mass is 9.76. The third-order valence-corrected chi connectivity index (χ3v) is 4.95. The predicted molar refractivity (Wildman–Crippen MR) is 80.0 cm³/mol. The van der Waals surface area contributed by atoms with E-state index in [2.05, 4.69) is 28.1 Å². The molecule has 0 aromatic carbocycles. The minimum Gasteiger partial charge on any atom is -0.466 e. The van der Waals surface area contributed by atoms with Crippen LogP contribution in [0.2, 0.25) is 0 Å². The van der Waals surface area contributed by atoms with Crippen molar-refractivity contribution in [2.45, 2.75) is 40.5 Å². The molecule has 112 valence electrons. The Balaban J connectivity index is 2.17. The zero-order valence-corrected chi connectivity index (χ0v) is 13.5. The SMILES string of the molecule is CCOC(=O)C1(C(C)C)CCN(c2nc(CC)ns2)C1. The third-order valence-electron chi connectivity index (χ3n) is 4.13. The molecule has 1 atom stereocenters. The van der Waals surface area contributed by atoms with Crippen molar-refractivity contribution in [2.75, 3.05) is 24.6 Å². The van der Waals surface area contributed by atoms with Gasteiger partial charge < -0.3 is 9.64 Å². The molecule has 0 bridgehead atoms. The maximum atomic E-state index is 12.4. The van der Waals surface area contributed by atoms with Crippen molar-refractivity contribution in [3.63, 3.8) is 0 Å². The fourth-order valence-electron chi connectivity index (χ4n) is 2.66. The second-order valence-electron chi connectivity index (χ2n) is 5.55. The molecule has 1 aromatic rings. The van der Waals surface area contributed by atoms with Crippen LogP contribution in [0.1, 0.15) is 39.9 Å². The van der Waals surface area contributed by atoms with Gasteiger partial charge in [-0.05, 0) is 19.3 Å². The van der Waals surface area contributed by atoms with E-state index in [-0.39, 0.29) is 11.9 Å². The summed E-state index contributed by atoms with van der Waals surface area (Å²) in [7, 11) is 0. The van der Waals surface area contributed by atoms with Gasteiger partial charge in [-0.25, -0.2) is 4.98 Å². The maximum absolute atomic E-state index is 12.4. The Morgan fingerprint density at radius 3 is 2.80 bits per heavy atom. The topological polar surface area (TPSA) is 55.3 Å². The van der Waals surface area contributed by atoms with E-state index in [1.165, 1.54) is 11.5 Å². The van der Waals surface area contributed by atoms with Gasteiger partial charge in [-0.2, -0.15) is 4.37 Å². The highest BCUT2D eigenvalue weighted by atomic mass is 32.1. The summed E-state index contributed by atoms with van der Waals surface area (Å²) in [6.07, 6.45) is 1.67. The van der Waals surface area contributed by atoms with Gasteiger partial charge in [0.2, 0.25) is 5.13 Å². The van der Waals surface area contributed by atoms with Gasteiger partial charge in [0.05, 0.1) is 12.0 Å². The molecular weight excluding hydrogens is 274 g/mol. The monoisotopic (exact) mass is 297 g/mol. The molecule has 0 radical (unpaired) electrons. The number of anilines is 1. The van der Waals surface area contributed by atoms with Crippen LogP contribution in [0.25, 0.3) is 0 Å². The lowest BCUT2D eigenvalue weighted by molar-refractivity contribution is -0.156. The first-order chi connectivity index (χ1) is 9.53. The minimum absolute atomic E-state index is 0.0715. The third kappa shape index (κ3) is 2.66. The molecule has 1 fully saturated rings. The van der Waals surface area contributed by atoms with Crippen LogP contribution >= 0.6 is 11.5 Å². The van der Waals surface area contributed by atoms with E-state index >= 15 is 0 Å². The predicted octanol–water partition coefficient (Wildman–Crippen LogP) is 2.52. The molecule has 1 aromatic heterocycles. The van der Waals surface area contributed by atoms with E-state index in [1.807, 2.05) is 13.8 Å². The van der Waals surface area contributed by atoms with Crippen molar-refractivity contribution in [1.29, 1.82) is 0 Å². The van der Waals surface area contributed by atoms with Crippen LogP contribution in [0.5, 0.6) is 0 Å². The molecule has 0 spiro atoms. The molecule has 2 heterocycles. The quantitative estimate of drug-likeness (QED) is 0.782. The van der Waals surface area contributed by atoms with E-state index in [9.17, 15) is 4.79 Å². The second-order valence-corrected chi connectivity index (χ2v) is 6.28. The number of hydrogen-bond acceptors (Lipinski definition) is 6. The molecule has 5 nitrogen and oxygen atoms in total. The molecular formula is C14H23N3O2S. The van der Waals surface area contributed by atoms with Crippen molar-refractivity contribution in [2.24, 2.45) is 11.3 Å². The largest absolute Gasteiger partial charge is 0.466 e. The summed E-state index contributed by atoms with van der Waals surface area (Å²) in [6.45, 7) is 10.1. The smallest absolute Gasteiger partial charge is 0.314 e. The lowest BCUT2D eigenvalue weighted by Gasteiger charge is -2.30. The number of carbonyl (C=O) groups excluding carboxylic acids is 1. The Labute approximate surface area is 124 Å². The summed E-state index contributed by atoms with van der Waals surface area (Å²) in [5.41, 5.74) is -0.409. The van der Waals surface area contributed by atoms with Gasteiger partial charge in [-0.1, -0.05) is 20.8 Å². The molecule has 1 aliphatic heterocycles. The fraction of sp³-hybridized carbons (Fsp3) is 0.786. The summed E-state index contributed by atoms with van der Waals surface area (Å²) < 4.78 is 9.63. The Morgan fingerprint density at radius 2 is 2.25 bits per heavy atom. The van der Waals surface area contributed by atoms with Crippen molar-refractivity contribution in [1.82, 2.24) is 9.36 Å². The normalized spacial score (nSPS) is 22.6. The van der Waals surface area contributed by atoms with Gasteiger partial charge >= 0.3 is 5.97 Å². The number of esters is 1. The second kappa shape index (κ2) is 6.08. The molecule has 0 amide bonds. The number of rotatable bonds is 5. The Bertz CT molecular complexity index is 475. The van der Waals surface area contributed by atoms with E-state index < -0.39 is 5.41 Å². The lowest BCUT2D eigenvalue weighted by Crippen LogP contribution is -2.40. The van der Waals surface area contributed by atoms with Crippen molar-refractivity contribution < 1.29 is 9.53 Å². The van der Waals surface area contributed by atoms with Crippen LogP contribution in [0.15, 0.2) is 0 Å². The van der Waals surface area contributed by atoms with Crippen molar-refractivity contribution in [3.05, 3.63) is 5.82 Å². The number of aryl methyl sites for hydroxylation is 1. The molecule has 20 heavy (non-hydrogen) atoms. The van der Waals surface area contributed by atoms with Crippen LogP contribution < -0.4 is 4.90 Å². The summed E-state index contributed by atoms with van der Waals surface area (Å²) >= 11 is 1.42. The van der Waals surface area contributed by atoms with Gasteiger partial charge in [0, 0.05) is 31.0 Å². The first kappa shape index (κ1) is 15.2. The van der Waals surface area contributed by atoms with Crippen LogP contribution in [0.4, 0.5) is 5.13 Å². The summed E-state index contributed by atoms with van der Waals surface area (Å²) in [5.74, 6) is 1.06. The fourth-order valence-corrected chi connectivity index (χ4v) is 3.44. The van der Waals surface area contributed by atoms with Gasteiger partial charge in [-0.15, -0.1) is 0 Å². The highest BCUT2D eigenvalue weighted by molar-refractivity contribution is 7.09. The van der Waals surface area contributed by atoms with E-state index in [4.69, 9.17) is 4.74 Å². The van der Waals surface area contributed by atoms with Crippen LogP contribution in [-0.4, -0.2) is 35.0 Å². The van der Waals surface area contributed by atoms with Crippen LogP contribution in [-0.2, 0) is 16.0 Å². The average Bonchev–Trinajstić information content (AvgIpc) is 3.06.